The van der Waals surface area contributed by atoms with Crippen molar-refractivity contribution in [2.75, 3.05) is 0 Å². The number of fused-ring (bicyclic) bond motifs is 1. The lowest BCUT2D eigenvalue weighted by Gasteiger charge is -2.05. The Balaban J connectivity index is 1.77. The molecule has 0 radical (unpaired) electrons. The number of hydrogen-bond donors (Lipinski definition) is 0. The third-order valence-electron chi connectivity index (χ3n) is 3.69. The van der Waals surface area contributed by atoms with Crippen LogP contribution in [-0.2, 0) is 19.3 Å². The van der Waals surface area contributed by atoms with Gasteiger partial charge in [-0.2, -0.15) is 0 Å². The van der Waals surface area contributed by atoms with Crippen LogP contribution in [0.5, 0.6) is 0 Å². The first kappa shape index (κ1) is 12.1. The van der Waals surface area contributed by atoms with Crippen LogP contribution in [0.1, 0.15) is 33.5 Å². The van der Waals surface area contributed by atoms with E-state index in [2.05, 4.69) is 12.1 Å². The van der Waals surface area contributed by atoms with Crippen molar-refractivity contribution in [3.63, 3.8) is 0 Å². The molecule has 1 aliphatic carbocycles. The Labute approximate surface area is 112 Å². The molecule has 19 heavy (non-hydrogen) atoms. The third-order valence-corrected chi connectivity index (χ3v) is 3.69. The molecule has 0 N–H and O–H groups in total. The van der Waals surface area contributed by atoms with Gasteiger partial charge in [0.1, 0.15) is 5.82 Å². The molecular formula is C17H15FO. The average molecular weight is 254 g/mol. The normalized spacial score (nSPS) is 13.3. The lowest BCUT2D eigenvalue weighted by Crippen LogP contribution is -2.04. The molecule has 96 valence electrons. The molecule has 1 nitrogen and oxygen atoms in total. The summed E-state index contributed by atoms with van der Waals surface area (Å²) in [6.07, 6.45) is 3.87. The first-order chi connectivity index (χ1) is 9.22. The molecule has 0 saturated heterocycles. The van der Waals surface area contributed by atoms with E-state index in [-0.39, 0.29) is 11.6 Å². The van der Waals surface area contributed by atoms with Gasteiger partial charge in [0.25, 0.3) is 0 Å². The number of rotatable bonds is 3. The van der Waals surface area contributed by atoms with Gasteiger partial charge in [-0.25, -0.2) is 4.39 Å². The molecule has 0 saturated carbocycles. The van der Waals surface area contributed by atoms with Crippen LogP contribution in [0, 0.1) is 5.82 Å². The molecule has 2 aromatic rings. The van der Waals surface area contributed by atoms with Gasteiger partial charge in [-0.15, -0.1) is 0 Å². The molecule has 0 atom stereocenters. The number of hydrogen-bond acceptors (Lipinski definition) is 1. The van der Waals surface area contributed by atoms with E-state index >= 15 is 0 Å². The molecule has 0 unspecified atom stereocenters. The second-order valence-corrected chi connectivity index (χ2v) is 5.06. The van der Waals surface area contributed by atoms with E-state index in [1.165, 1.54) is 29.7 Å². The number of benzene rings is 2. The zero-order valence-corrected chi connectivity index (χ0v) is 10.7. The van der Waals surface area contributed by atoms with Crippen LogP contribution in [0.15, 0.2) is 42.5 Å². The highest BCUT2D eigenvalue weighted by atomic mass is 19.1. The maximum atomic E-state index is 12.8. The second kappa shape index (κ2) is 4.96. The highest BCUT2D eigenvalue weighted by Crippen LogP contribution is 2.23. The maximum Gasteiger partial charge on any atom is 0.167 e. The van der Waals surface area contributed by atoms with Crippen LogP contribution in [0.4, 0.5) is 4.39 Å². The number of ketones is 1. The first-order valence-electron chi connectivity index (χ1n) is 6.62. The smallest absolute Gasteiger partial charge is 0.167 e. The number of Topliss-reactive ketones (excluding diaryl/α,β-unsaturated/α-hetero) is 1. The fourth-order valence-electron chi connectivity index (χ4n) is 2.66. The Morgan fingerprint density at radius 3 is 2.53 bits per heavy atom. The molecule has 0 amide bonds. The Kier molecular flexibility index (Phi) is 3.16. The Hall–Kier alpha value is -1.96. The van der Waals surface area contributed by atoms with Crippen LogP contribution >= 0.6 is 0 Å². The number of carbonyl (C=O) groups excluding carboxylic acids is 1. The van der Waals surface area contributed by atoms with Gasteiger partial charge in [-0.1, -0.05) is 18.2 Å². The average Bonchev–Trinajstić information content (AvgIpc) is 2.87. The lowest BCUT2D eigenvalue weighted by molar-refractivity contribution is 0.0993. The summed E-state index contributed by atoms with van der Waals surface area (Å²) in [4.78, 5) is 12.1. The van der Waals surface area contributed by atoms with Crippen LogP contribution in [-0.4, -0.2) is 5.78 Å². The zero-order valence-electron chi connectivity index (χ0n) is 10.7. The molecule has 2 heteroatoms. The molecule has 1 aliphatic rings. The molecule has 3 rings (SSSR count). The minimum atomic E-state index is -0.311. The van der Waals surface area contributed by atoms with Gasteiger partial charge in [0.15, 0.2) is 5.78 Å². The molecule has 2 aromatic carbocycles. The van der Waals surface area contributed by atoms with E-state index in [1.807, 2.05) is 6.07 Å². The van der Waals surface area contributed by atoms with E-state index in [0.717, 1.165) is 18.4 Å². The van der Waals surface area contributed by atoms with E-state index < -0.39 is 0 Å². The highest BCUT2D eigenvalue weighted by Gasteiger charge is 2.13. The van der Waals surface area contributed by atoms with Crippen molar-refractivity contribution < 1.29 is 9.18 Å². The zero-order chi connectivity index (χ0) is 13.2. The Morgan fingerprint density at radius 2 is 1.74 bits per heavy atom. The van der Waals surface area contributed by atoms with Crippen LogP contribution in [0.3, 0.4) is 0 Å². The first-order valence-corrected chi connectivity index (χ1v) is 6.62. The summed E-state index contributed by atoms with van der Waals surface area (Å²) in [5.74, 6) is -0.271. The predicted molar refractivity (Wildman–Crippen MR) is 72.9 cm³/mol. The van der Waals surface area contributed by atoms with Gasteiger partial charge in [-0.05, 0) is 60.2 Å². The summed E-state index contributed by atoms with van der Waals surface area (Å²) in [6, 6.07) is 12.1. The minimum Gasteiger partial charge on any atom is -0.294 e. The SMILES string of the molecule is O=C(Cc1ccc2c(c1)CCC2)c1ccc(F)cc1. The second-order valence-electron chi connectivity index (χ2n) is 5.06. The van der Waals surface area contributed by atoms with Gasteiger partial charge < -0.3 is 0 Å². The lowest BCUT2D eigenvalue weighted by atomic mass is 9.99. The molecule has 0 spiro atoms. The summed E-state index contributed by atoms with van der Waals surface area (Å²) < 4.78 is 12.8. The predicted octanol–water partition coefficient (Wildman–Crippen LogP) is 3.74. The third kappa shape index (κ3) is 2.58. The van der Waals surface area contributed by atoms with Gasteiger partial charge in [0, 0.05) is 12.0 Å². The Morgan fingerprint density at radius 1 is 1.00 bits per heavy atom. The van der Waals surface area contributed by atoms with Crippen molar-refractivity contribution in [1.29, 1.82) is 0 Å². The minimum absolute atomic E-state index is 0.0398. The molecule has 0 aromatic heterocycles. The van der Waals surface area contributed by atoms with Crippen molar-refractivity contribution >= 4 is 5.78 Å². The molecular weight excluding hydrogens is 239 g/mol. The number of aryl methyl sites for hydroxylation is 2. The van der Waals surface area contributed by atoms with Gasteiger partial charge >= 0.3 is 0 Å². The Bertz CT molecular complexity index is 614. The van der Waals surface area contributed by atoms with Crippen molar-refractivity contribution in [2.45, 2.75) is 25.7 Å². The fourth-order valence-corrected chi connectivity index (χ4v) is 2.66. The van der Waals surface area contributed by atoms with Gasteiger partial charge in [-0.3, -0.25) is 4.79 Å². The summed E-state index contributed by atoms with van der Waals surface area (Å²) in [6.45, 7) is 0. The summed E-state index contributed by atoms with van der Waals surface area (Å²) in [7, 11) is 0. The van der Waals surface area contributed by atoms with E-state index in [4.69, 9.17) is 0 Å². The van der Waals surface area contributed by atoms with Gasteiger partial charge in [0.2, 0.25) is 0 Å². The summed E-state index contributed by atoms with van der Waals surface area (Å²) >= 11 is 0. The molecule has 0 heterocycles. The maximum absolute atomic E-state index is 12.8. The number of carbonyl (C=O) groups is 1. The summed E-state index contributed by atoms with van der Waals surface area (Å²) in [5.41, 5.74) is 4.42. The van der Waals surface area contributed by atoms with Crippen molar-refractivity contribution in [3.05, 3.63) is 70.5 Å². The highest BCUT2D eigenvalue weighted by molar-refractivity contribution is 5.97. The molecule has 0 bridgehead atoms. The van der Waals surface area contributed by atoms with Crippen molar-refractivity contribution in [1.82, 2.24) is 0 Å². The van der Waals surface area contributed by atoms with Crippen molar-refractivity contribution in [2.24, 2.45) is 0 Å². The van der Waals surface area contributed by atoms with Crippen molar-refractivity contribution in [3.8, 4) is 0 Å². The van der Waals surface area contributed by atoms with E-state index in [9.17, 15) is 9.18 Å². The molecule has 0 aliphatic heterocycles. The van der Waals surface area contributed by atoms with E-state index in [1.54, 1.807) is 12.1 Å². The monoisotopic (exact) mass is 254 g/mol. The van der Waals surface area contributed by atoms with Crippen LogP contribution in [0.2, 0.25) is 0 Å². The number of halogens is 1. The molecule has 0 fully saturated rings. The summed E-state index contributed by atoms with van der Waals surface area (Å²) in [5, 5.41) is 0. The largest absolute Gasteiger partial charge is 0.294 e. The standard InChI is InChI=1S/C17H15FO/c18-16-8-6-14(7-9-16)17(19)11-12-4-5-13-2-1-3-15(13)10-12/h4-10H,1-3,11H2. The quantitative estimate of drug-likeness (QED) is 0.763. The van der Waals surface area contributed by atoms with Crippen LogP contribution < -0.4 is 0 Å². The topological polar surface area (TPSA) is 17.1 Å². The van der Waals surface area contributed by atoms with E-state index in [0.29, 0.717) is 12.0 Å². The fraction of sp³-hybridized carbons (Fsp3) is 0.235. The van der Waals surface area contributed by atoms with Crippen LogP contribution in [0.25, 0.3) is 0 Å². The van der Waals surface area contributed by atoms with Gasteiger partial charge in [0.05, 0.1) is 0 Å².